The van der Waals surface area contributed by atoms with E-state index in [1.165, 1.54) is 19.1 Å². The van der Waals surface area contributed by atoms with Gasteiger partial charge in [0, 0.05) is 10.0 Å². The second kappa shape index (κ2) is 7.19. The molecule has 0 aliphatic carbocycles. The van der Waals surface area contributed by atoms with Gasteiger partial charge < -0.3 is 15.6 Å². The number of ether oxygens (including phenoxy) is 1. The number of nitrogens with two attached hydrogens (primary N) is 1. The van der Waals surface area contributed by atoms with E-state index in [0.717, 1.165) is 0 Å². The Bertz CT molecular complexity index is 500. The number of phenolic OH excluding ortho intramolecular Hbond substituents is 1. The Morgan fingerprint density at radius 3 is 2.60 bits per heavy atom. The van der Waals surface area contributed by atoms with Crippen molar-refractivity contribution >= 4 is 34.3 Å². The van der Waals surface area contributed by atoms with Crippen molar-refractivity contribution in [3.63, 3.8) is 0 Å². The molecule has 0 spiro atoms. The molecular formula is C12H15BrClF2NO3. The summed E-state index contributed by atoms with van der Waals surface area (Å²) < 4.78 is 32.2. The fourth-order valence-electron chi connectivity index (χ4n) is 1.52. The monoisotopic (exact) mass is 373 g/mol. The highest BCUT2D eigenvalue weighted by atomic mass is 79.9. The van der Waals surface area contributed by atoms with Crippen molar-refractivity contribution < 1.29 is 23.4 Å². The minimum atomic E-state index is -3.93. The van der Waals surface area contributed by atoms with Crippen LogP contribution in [-0.2, 0) is 9.53 Å². The Labute approximate surface area is 129 Å². The Kier molecular flexibility index (Phi) is 6.86. The molecule has 0 saturated carbocycles. The number of hydrogen-bond acceptors (Lipinski definition) is 4. The number of carbonyl (C=O) groups is 1. The minimum Gasteiger partial charge on any atom is -0.507 e. The fourth-order valence-corrected chi connectivity index (χ4v) is 2.09. The maximum Gasteiger partial charge on any atom is 0.379 e. The first-order chi connectivity index (χ1) is 8.73. The van der Waals surface area contributed by atoms with Gasteiger partial charge in [0.05, 0.1) is 6.61 Å². The maximum absolute atomic E-state index is 13.8. The van der Waals surface area contributed by atoms with Crippen LogP contribution in [-0.4, -0.2) is 23.6 Å². The Hall–Kier alpha value is -0.920. The molecule has 0 bridgehead atoms. The van der Waals surface area contributed by atoms with Crippen LogP contribution in [0.15, 0.2) is 16.6 Å². The highest BCUT2D eigenvalue weighted by Crippen LogP contribution is 2.40. The predicted molar refractivity (Wildman–Crippen MR) is 76.3 cm³/mol. The maximum atomic E-state index is 13.8. The summed E-state index contributed by atoms with van der Waals surface area (Å²) in [7, 11) is 0. The van der Waals surface area contributed by atoms with E-state index in [9.17, 15) is 18.7 Å². The lowest BCUT2D eigenvalue weighted by atomic mass is 9.98. The van der Waals surface area contributed by atoms with Crippen LogP contribution in [0.3, 0.4) is 0 Å². The number of carbonyl (C=O) groups excluding carboxylic acids is 1. The largest absolute Gasteiger partial charge is 0.507 e. The van der Waals surface area contributed by atoms with Crippen LogP contribution >= 0.6 is 28.3 Å². The molecule has 0 saturated heterocycles. The molecule has 0 unspecified atom stereocenters. The topological polar surface area (TPSA) is 72.5 Å². The van der Waals surface area contributed by atoms with Gasteiger partial charge in [0.25, 0.3) is 0 Å². The number of hydrogen-bond donors (Lipinski definition) is 2. The van der Waals surface area contributed by atoms with E-state index in [1.54, 1.807) is 6.92 Å². The summed E-state index contributed by atoms with van der Waals surface area (Å²) in [5.74, 6) is -6.01. The average molecular weight is 375 g/mol. The summed E-state index contributed by atoms with van der Waals surface area (Å²) in [4.78, 5) is 11.2. The third-order valence-corrected chi connectivity index (χ3v) is 3.31. The molecule has 0 amide bonds. The average Bonchev–Trinajstić information content (AvgIpc) is 2.34. The molecule has 0 aliphatic heterocycles. The zero-order valence-corrected chi connectivity index (χ0v) is 13.2. The normalized spacial score (nSPS) is 12.5. The molecule has 1 atom stereocenters. The molecule has 0 aliphatic rings. The lowest BCUT2D eigenvalue weighted by Gasteiger charge is -2.24. The number of rotatable bonds is 4. The van der Waals surface area contributed by atoms with Gasteiger partial charge in [-0.3, -0.25) is 0 Å². The molecule has 0 fully saturated rings. The van der Waals surface area contributed by atoms with Crippen LogP contribution in [0.25, 0.3) is 0 Å². The Balaban J connectivity index is 0.00000361. The van der Waals surface area contributed by atoms with Crippen molar-refractivity contribution in [1.29, 1.82) is 0 Å². The zero-order chi connectivity index (χ0) is 14.8. The third kappa shape index (κ3) is 3.59. The van der Waals surface area contributed by atoms with Gasteiger partial charge in [-0.15, -0.1) is 12.4 Å². The summed E-state index contributed by atoms with van der Waals surface area (Å²) in [6.07, 6.45) is 0. The summed E-state index contributed by atoms with van der Waals surface area (Å²) in [5.41, 5.74) is 5.59. The second-order valence-corrected chi connectivity index (χ2v) is 4.80. The van der Waals surface area contributed by atoms with Gasteiger partial charge in [0.1, 0.15) is 11.8 Å². The van der Waals surface area contributed by atoms with E-state index in [0.29, 0.717) is 5.56 Å². The minimum absolute atomic E-state index is 0. The highest BCUT2D eigenvalue weighted by molar-refractivity contribution is 9.10. The first-order valence-corrected chi connectivity index (χ1v) is 6.31. The molecule has 1 aromatic carbocycles. The quantitative estimate of drug-likeness (QED) is 0.795. The molecule has 20 heavy (non-hydrogen) atoms. The SMILES string of the molecule is CCOC(=O)C(F)(F)[C@H](N)c1c(Br)ccc(C)c1O.Cl. The van der Waals surface area contributed by atoms with E-state index in [1.807, 2.05) is 0 Å². The van der Waals surface area contributed by atoms with Crippen molar-refractivity contribution in [3.8, 4) is 5.75 Å². The van der Waals surface area contributed by atoms with Crippen molar-refractivity contribution in [1.82, 2.24) is 0 Å². The first kappa shape index (κ1) is 19.1. The standard InChI is InChI=1S/C12H14BrF2NO3.ClH/c1-3-19-11(18)12(14,15)10(16)8-7(13)5-4-6(2)9(8)17;/h4-5,10,17H,3,16H2,1-2H3;1H/t10-;/m1./s1. The molecule has 1 rings (SSSR count). The zero-order valence-electron chi connectivity index (χ0n) is 10.8. The first-order valence-electron chi connectivity index (χ1n) is 5.52. The number of phenols is 1. The molecule has 0 aromatic heterocycles. The van der Waals surface area contributed by atoms with Crippen molar-refractivity contribution in [2.45, 2.75) is 25.8 Å². The third-order valence-electron chi connectivity index (χ3n) is 2.61. The van der Waals surface area contributed by atoms with Crippen molar-refractivity contribution in [2.24, 2.45) is 5.73 Å². The lowest BCUT2D eigenvalue weighted by Crippen LogP contribution is -2.42. The van der Waals surface area contributed by atoms with Crippen LogP contribution in [0, 0.1) is 6.92 Å². The van der Waals surface area contributed by atoms with Crippen LogP contribution in [0.5, 0.6) is 5.75 Å². The van der Waals surface area contributed by atoms with E-state index in [4.69, 9.17) is 5.73 Å². The second-order valence-electron chi connectivity index (χ2n) is 3.95. The smallest absolute Gasteiger partial charge is 0.379 e. The van der Waals surface area contributed by atoms with E-state index in [-0.39, 0.29) is 34.8 Å². The number of benzene rings is 1. The molecule has 4 nitrogen and oxygen atoms in total. The van der Waals surface area contributed by atoms with Crippen LogP contribution in [0.4, 0.5) is 8.78 Å². The summed E-state index contributed by atoms with van der Waals surface area (Å²) in [6.45, 7) is 2.78. The van der Waals surface area contributed by atoms with Crippen molar-refractivity contribution in [3.05, 3.63) is 27.7 Å². The fraction of sp³-hybridized carbons (Fsp3) is 0.417. The van der Waals surface area contributed by atoms with Gasteiger partial charge >= 0.3 is 11.9 Å². The van der Waals surface area contributed by atoms with Gasteiger partial charge in [0.15, 0.2) is 0 Å². The highest BCUT2D eigenvalue weighted by Gasteiger charge is 2.49. The summed E-state index contributed by atoms with van der Waals surface area (Å²) in [6, 6.07) is 1.02. The van der Waals surface area contributed by atoms with Crippen LogP contribution in [0.2, 0.25) is 0 Å². The van der Waals surface area contributed by atoms with Gasteiger partial charge in [0.2, 0.25) is 0 Å². The Morgan fingerprint density at radius 1 is 1.55 bits per heavy atom. The molecule has 0 radical (unpaired) electrons. The molecular weight excluding hydrogens is 359 g/mol. The van der Waals surface area contributed by atoms with Crippen LogP contribution in [0.1, 0.15) is 24.1 Å². The molecule has 114 valence electrons. The summed E-state index contributed by atoms with van der Waals surface area (Å²) in [5, 5.41) is 9.83. The number of aromatic hydroxyl groups is 1. The number of halogens is 4. The van der Waals surface area contributed by atoms with Gasteiger partial charge in [-0.05, 0) is 25.5 Å². The van der Waals surface area contributed by atoms with Gasteiger partial charge in [-0.2, -0.15) is 8.78 Å². The lowest BCUT2D eigenvalue weighted by molar-refractivity contribution is -0.174. The Morgan fingerprint density at radius 2 is 2.10 bits per heavy atom. The van der Waals surface area contributed by atoms with E-state index >= 15 is 0 Å². The molecule has 1 aromatic rings. The molecule has 3 N–H and O–H groups in total. The number of esters is 1. The van der Waals surface area contributed by atoms with E-state index in [2.05, 4.69) is 20.7 Å². The van der Waals surface area contributed by atoms with Crippen molar-refractivity contribution in [2.75, 3.05) is 6.61 Å². The predicted octanol–water partition coefficient (Wildman–Crippen LogP) is 3.08. The van der Waals surface area contributed by atoms with Gasteiger partial charge in [-0.1, -0.05) is 22.0 Å². The number of alkyl halides is 2. The molecule has 8 heteroatoms. The molecule has 0 heterocycles. The number of aryl methyl sites for hydroxylation is 1. The van der Waals surface area contributed by atoms with E-state index < -0.39 is 17.9 Å². The van der Waals surface area contributed by atoms with Crippen LogP contribution < -0.4 is 5.73 Å². The summed E-state index contributed by atoms with van der Waals surface area (Å²) >= 11 is 3.04. The van der Waals surface area contributed by atoms with Gasteiger partial charge in [-0.25, -0.2) is 4.79 Å².